The Balaban J connectivity index is 1.92. The topological polar surface area (TPSA) is 133 Å². The zero-order chi connectivity index (χ0) is 41.8. The molecule has 1 saturated carbocycles. The molecule has 0 amide bonds. The van der Waals surface area contributed by atoms with Gasteiger partial charge in [0.25, 0.3) is 0 Å². The Morgan fingerprint density at radius 2 is 1.37 bits per heavy atom. The summed E-state index contributed by atoms with van der Waals surface area (Å²) in [7, 11) is 2.68. The third-order valence-corrected chi connectivity index (χ3v) is 10.1. The first-order valence-electron chi connectivity index (χ1n) is 19.8. The van der Waals surface area contributed by atoms with Crippen molar-refractivity contribution in [2.45, 2.75) is 90.9 Å². The molecule has 0 saturated heterocycles. The van der Waals surface area contributed by atoms with E-state index in [0.717, 1.165) is 24.3 Å². The predicted octanol–water partition coefficient (Wildman–Crippen LogP) is 8.26. The summed E-state index contributed by atoms with van der Waals surface area (Å²) in [6, 6.07) is 10.8. The van der Waals surface area contributed by atoms with Gasteiger partial charge >= 0.3 is 23.9 Å². The van der Waals surface area contributed by atoms with Crippen molar-refractivity contribution in [3.05, 3.63) is 77.6 Å². The fourth-order valence-corrected chi connectivity index (χ4v) is 6.73. The number of ether oxygens (including phenoxy) is 7. The molecule has 3 rings (SSSR count). The van der Waals surface area contributed by atoms with Gasteiger partial charge in [0.1, 0.15) is 56.6 Å². The summed E-state index contributed by atoms with van der Waals surface area (Å²) in [5, 5.41) is 0. The van der Waals surface area contributed by atoms with Crippen LogP contribution in [0.1, 0.15) is 95.6 Å². The molecule has 1 fully saturated rings. The molecule has 0 spiro atoms. The van der Waals surface area contributed by atoms with Crippen LogP contribution < -0.4 is 4.74 Å². The smallest absolute Gasteiger partial charge is 0.333 e. The fourth-order valence-electron chi connectivity index (χ4n) is 6.73. The van der Waals surface area contributed by atoms with E-state index in [2.05, 4.69) is 20.1 Å². The van der Waals surface area contributed by atoms with E-state index in [1.807, 2.05) is 18.2 Å². The summed E-state index contributed by atoms with van der Waals surface area (Å²) in [6.45, 7) is 10.6. The van der Waals surface area contributed by atoms with E-state index in [9.17, 15) is 19.2 Å². The molecule has 2 aromatic carbocycles. The monoisotopic (exact) mass is 796 g/mol. The number of aryl methyl sites for hydroxylation is 1. The van der Waals surface area contributed by atoms with Crippen LogP contribution >= 0.6 is 0 Å². The van der Waals surface area contributed by atoms with Crippen molar-refractivity contribution >= 4 is 23.9 Å². The van der Waals surface area contributed by atoms with E-state index >= 15 is 4.39 Å². The Hall–Kier alpha value is -4.55. The molecule has 57 heavy (non-hydrogen) atoms. The van der Waals surface area contributed by atoms with Crippen molar-refractivity contribution in [1.82, 2.24) is 0 Å². The third kappa shape index (κ3) is 15.7. The largest absolute Gasteiger partial charge is 0.492 e. The zero-order valence-electron chi connectivity index (χ0n) is 34.4. The lowest BCUT2D eigenvalue weighted by Gasteiger charge is -2.32. The van der Waals surface area contributed by atoms with Gasteiger partial charge in [-0.1, -0.05) is 64.0 Å². The molecule has 0 N–H and O–H groups in total. The quantitative estimate of drug-likeness (QED) is 0.0416. The summed E-state index contributed by atoms with van der Waals surface area (Å²) >= 11 is 0. The fraction of sp³-hybridized carbons (Fsp3) is 0.556. The van der Waals surface area contributed by atoms with Gasteiger partial charge in [0.15, 0.2) is 0 Å². The highest BCUT2D eigenvalue weighted by atomic mass is 19.1. The van der Waals surface area contributed by atoms with E-state index in [0.29, 0.717) is 41.2 Å². The first-order valence-corrected chi connectivity index (χ1v) is 19.8. The molecule has 0 unspecified atom stereocenters. The average molecular weight is 797 g/mol. The third-order valence-electron chi connectivity index (χ3n) is 10.1. The zero-order valence-corrected chi connectivity index (χ0v) is 34.4. The first kappa shape index (κ1) is 46.8. The number of carbonyl (C=O) groups is 4. The molecule has 314 valence electrons. The molecular formula is C45H61FO11. The molecule has 0 heterocycles. The highest BCUT2D eigenvalue weighted by Crippen LogP contribution is 2.39. The first-order chi connectivity index (χ1) is 27.3. The van der Waals surface area contributed by atoms with Crippen molar-refractivity contribution in [2.24, 2.45) is 11.3 Å². The maximum Gasteiger partial charge on any atom is 0.333 e. The number of halogens is 1. The number of benzene rings is 2. The maximum absolute atomic E-state index is 16.0. The summed E-state index contributed by atoms with van der Waals surface area (Å²) in [6.07, 6.45) is 10.3. The van der Waals surface area contributed by atoms with Crippen LogP contribution in [0.4, 0.5) is 4.39 Å². The van der Waals surface area contributed by atoms with Crippen molar-refractivity contribution in [1.29, 1.82) is 0 Å². The van der Waals surface area contributed by atoms with Crippen LogP contribution in [0.3, 0.4) is 0 Å². The van der Waals surface area contributed by atoms with Crippen LogP contribution in [0.5, 0.6) is 5.75 Å². The summed E-state index contributed by atoms with van der Waals surface area (Å²) in [5.74, 6) is -1.45. The number of hydrogen-bond donors (Lipinski definition) is 0. The standard InChI is InChI=1S/C45H61FO11/c1-8-9-10-12-33-14-16-34(17-15-33)35-18-20-38(39(46)24-35)36-19-21-40(37(23-36)13-11-22-53-43(49)31(2)3)54-27-45(28-55-41(47)25-51-6,29-56-42(48)26-52-7)30-57-44(50)32(4)5/h18-21,23-24,33-34H,2,4,8-17,22,25-30H2,1,3,5-7H3. The van der Waals surface area contributed by atoms with E-state index in [1.165, 1.54) is 59.7 Å². The van der Waals surface area contributed by atoms with Gasteiger partial charge in [-0.05, 0) is 99.1 Å². The van der Waals surface area contributed by atoms with Crippen molar-refractivity contribution in [3.8, 4) is 16.9 Å². The SMILES string of the molecule is C=C(C)C(=O)OCCCc1cc(-c2ccc(C3CCC(CCCCC)CC3)cc2F)ccc1OCC(COC(=O)COC)(COC(=O)COC)COC(=O)C(=C)C. The van der Waals surface area contributed by atoms with E-state index in [4.69, 9.17) is 33.2 Å². The average Bonchev–Trinajstić information content (AvgIpc) is 3.19. The molecule has 0 radical (unpaired) electrons. The predicted molar refractivity (Wildman–Crippen MR) is 214 cm³/mol. The Labute approximate surface area is 337 Å². The molecule has 2 aromatic rings. The number of hydrogen-bond acceptors (Lipinski definition) is 11. The Kier molecular flexibility index (Phi) is 19.9. The van der Waals surface area contributed by atoms with Gasteiger partial charge in [0.05, 0.1) is 6.61 Å². The van der Waals surface area contributed by atoms with Crippen LogP contribution in [0, 0.1) is 17.2 Å². The van der Waals surface area contributed by atoms with E-state index in [-0.39, 0.29) is 63.2 Å². The van der Waals surface area contributed by atoms with Gasteiger partial charge < -0.3 is 33.2 Å². The number of methoxy groups -OCH3 is 2. The molecule has 0 aliphatic heterocycles. The van der Waals surface area contributed by atoms with Gasteiger partial charge in [-0.2, -0.15) is 0 Å². The van der Waals surface area contributed by atoms with Gasteiger partial charge in [-0.25, -0.2) is 23.6 Å². The Morgan fingerprint density at radius 3 is 1.95 bits per heavy atom. The van der Waals surface area contributed by atoms with Gasteiger partial charge in [-0.15, -0.1) is 0 Å². The summed E-state index contributed by atoms with van der Waals surface area (Å²) in [5.41, 5.74) is 1.78. The van der Waals surface area contributed by atoms with Crippen molar-refractivity contribution in [3.63, 3.8) is 0 Å². The number of rotatable bonds is 25. The highest BCUT2D eigenvalue weighted by Gasteiger charge is 2.38. The van der Waals surface area contributed by atoms with Crippen molar-refractivity contribution < 1.29 is 56.7 Å². The number of carbonyl (C=O) groups excluding carboxylic acids is 4. The minimum atomic E-state index is -1.39. The second-order valence-corrected chi connectivity index (χ2v) is 15.1. The lowest BCUT2D eigenvalue weighted by atomic mass is 9.77. The van der Waals surface area contributed by atoms with Crippen LogP contribution in [-0.2, 0) is 54.0 Å². The number of unbranched alkanes of at least 4 members (excludes halogenated alkanes) is 2. The van der Waals surface area contributed by atoms with Crippen LogP contribution in [-0.4, -0.2) is 84.3 Å². The van der Waals surface area contributed by atoms with Crippen LogP contribution in [0.2, 0.25) is 0 Å². The van der Waals surface area contributed by atoms with E-state index in [1.54, 1.807) is 25.1 Å². The number of esters is 4. The molecule has 1 aliphatic rings. The lowest BCUT2D eigenvalue weighted by Crippen LogP contribution is -2.45. The van der Waals surface area contributed by atoms with Gasteiger partial charge in [0, 0.05) is 30.9 Å². The molecule has 0 atom stereocenters. The van der Waals surface area contributed by atoms with Crippen molar-refractivity contribution in [2.75, 3.05) is 60.5 Å². The Bertz CT molecular complexity index is 1640. The maximum atomic E-state index is 16.0. The molecule has 0 aromatic heterocycles. The summed E-state index contributed by atoms with van der Waals surface area (Å²) in [4.78, 5) is 49.4. The summed E-state index contributed by atoms with van der Waals surface area (Å²) < 4.78 is 53.9. The van der Waals surface area contributed by atoms with Gasteiger partial charge in [0.2, 0.25) is 0 Å². The van der Waals surface area contributed by atoms with E-state index < -0.39 is 29.3 Å². The van der Waals surface area contributed by atoms with Crippen LogP contribution in [0.25, 0.3) is 11.1 Å². The van der Waals surface area contributed by atoms with Crippen LogP contribution in [0.15, 0.2) is 60.7 Å². The molecule has 0 bridgehead atoms. The van der Waals surface area contributed by atoms with Gasteiger partial charge in [-0.3, -0.25) is 0 Å². The lowest BCUT2D eigenvalue weighted by molar-refractivity contribution is -0.166. The Morgan fingerprint density at radius 1 is 0.754 bits per heavy atom. The molecule has 12 heteroatoms. The normalized spacial score (nSPS) is 15.3. The second kappa shape index (κ2) is 24.3. The minimum Gasteiger partial charge on any atom is -0.492 e. The molecule has 1 aliphatic carbocycles. The highest BCUT2D eigenvalue weighted by molar-refractivity contribution is 5.87. The second-order valence-electron chi connectivity index (χ2n) is 15.1. The molecule has 11 nitrogen and oxygen atoms in total. The minimum absolute atomic E-state index is 0.102. The molecular weight excluding hydrogens is 735 g/mol.